The fraction of sp³-hybridized carbons (Fsp3) is 0.500. The first kappa shape index (κ1) is 16.8. The van der Waals surface area contributed by atoms with Gasteiger partial charge in [0.15, 0.2) is 0 Å². The van der Waals surface area contributed by atoms with Crippen molar-refractivity contribution in [3.63, 3.8) is 0 Å². The van der Waals surface area contributed by atoms with Crippen molar-refractivity contribution in [2.24, 2.45) is 11.8 Å². The van der Waals surface area contributed by atoms with Gasteiger partial charge in [-0.3, -0.25) is 4.79 Å². The molecule has 0 aromatic heterocycles. The van der Waals surface area contributed by atoms with E-state index in [1.54, 1.807) is 6.92 Å². The Morgan fingerprint density at radius 3 is 2.62 bits per heavy atom. The summed E-state index contributed by atoms with van der Waals surface area (Å²) in [6, 6.07) is 2.72. The molecule has 0 aliphatic heterocycles. The molecule has 21 heavy (non-hydrogen) atoms. The van der Waals surface area contributed by atoms with Gasteiger partial charge in [-0.15, -0.1) is 0 Å². The molecule has 1 aliphatic rings. The molecule has 1 aromatic carbocycles. The average molecular weight is 395 g/mol. The molecule has 2 rings (SSSR count). The van der Waals surface area contributed by atoms with Crippen LogP contribution in [0.3, 0.4) is 0 Å². The van der Waals surface area contributed by atoms with Crippen LogP contribution >= 0.6 is 26.6 Å². The van der Waals surface area contributed by atoms with Crippen molar-refractivity contribution >= 4 is 41.6 Å². The molecular formula is C14H17BrClNO3S. The van der Waals surface area contributed by atoms with E-state index in [2.05, 4.69) is 28.2 Å². The van der Waals surface area contributed by atoms with E-state index in [4.69, 9.17) is 10.7 Å². The summed E-state index contributed by atoms with van der Waals surface area (Å²) in [6.07, 6.45) is 2.45. The summed E-state index contributed by atoms with van der Waals surface area (Å²) in [6.45, 7) is 4.47. The van der Waals surface area contributed by atoms with Crippen LogP contribution in [0.1, 0.15) is 35.7 Å². The third kappa shape index (κ3) is 4.20. The molecule has 1 N–H and O–H groups in total. The van der Waals surface area contributed by atoms with Gasteiger partial charge in [-0.1, -0.05) is 22.9 Å². The Bertz CT molecular complexity index is 671. The van der Waals surface area contributed by atoms with Crippen LogP contribution in [0.25, 0.3) is 0 Å². The largest absolute Gasteiger partial charge is 0.352 e. The summed E-state index contributed by atoms with van der Waals surface area (Å²) in [4.78, 5) is 12.2. The lowest BCUT2D eigenvalue weighted by atomic mass is 10.1. The zero-order chi connectivity index (χ0) is 15.8. The number of benzene rings is 1. The number of carbonyl (C=O) groups excluding carboxylic acids is 1. The van der Waals surface area contributed by atoms with Gasteiger partial charge in [0.1, 0.15) is 0 Å². The average Bonchev–Trinajstić information content (AvgIpc) is 3.21. The molecule has 0 radical (unpaired) electrons. The highest BCUT2D eigenvalue weighted by Crippen LogP contribution is 2.36. The predicted molar refractivity (Wildman–Crippen MR) is 86.1 cm³/mol. The van der Waals surface area contributed by atoms with Gasteiger partial charge in [0.25, 0.3) is 15.0 Å². The Kier molecular flexibility index (Phi) is 5.00. The zero-order valence-corrected chi connectivity index (χ0v) is 15.0. The molecule has 0 saturated heterocycles. The van der Waals surface area contributed by atoms with Crippen LogP contribution < -0.4 is 5.32 Å². The normalized spacial score (nSPS) is 16.6. The molecule has 0 spiro atoms. The van der Waals surface area contributed by atoms with Crippen LogP contribution in [-0.2, 0) is 9.05 Å². The molecule has 1 unspecified atom stereocenters. The minimum absolute atomic E-state index is 0.0815. The standard InChI is InChI=1S/C14H17BrClNO3S/c1-8(10-3-4-10)7-17-14(18)12-5-11(21(16,19)20)6-13(15)9(12)2/h5-6,8,10H,3-4,7H2,1-2H3,(H,17,18). The molecule has 4 nitrogen and oxygen atoms in total. The van der Waals surface area contributed by atoms with E-state index in [-0.39, 0.29) is 10.8 Å². The maximum Gasteiger partial charge on any atom is 0.261 e. The Labute approximate surface area is 137 Å². The van der Waals surface area contributed by atoms with Crippen LogP contribution in [0.5, 0.6) is 0 Å². The highest BCUT2D eigenvalue weighted by atomic mass is 79.9. The molecule has 1 aromatic rings. The third-order valence-corrected chi connectivity index (χ3v) is 6.01. The van der Waals surface area contributed by atoms with Crippen molar-refractivity contribution in [1.82, 2.24) is 5.32 Å². The number of rotatable bonds is 5. The van der Waals surface area contributed by atoms with Crippen LogP contribution in [0.15, 0.2) is 21.5 Å². The van der Waals surface area contributed by atoms with Crippen molar-refractivity contribution in [1.29, 1.82) is 0 Å². The zero-order valence-electron chi connectivity index (χ0n) is 11.8. The Hall–Kier alpha value is -0.590. The Morgan fingerprint density at radius 2 is 2.10 bits per heavy atom. The van der Waals surface area contributed by atoms with Gasteiger partial charge in [-0.25, -0.2) is 8.42 Å². The molecule has 7 heteroatoms. The summed E-state index contributed by atoms with van der Waals surface area (Å²) in [7, 11) is 1.49. The predicted octanol–water partition coefficient (Wildman–Crippen LogP) is 3.46. The lowest BCUT2D eigenvalue weighted by molar-refractivity contribution is 0.0946. The van der Waals surface area contributed by atoms with Crippen LogP contribution in [-0.4, -0.2) is 20.9 Å². The molecule has 1 saturated carbocycles. The maximum atomic E-state index is 12.3. The van der Waals surface area contributed by atoms with E-state index < -0.39 is 9.05 Å². The molecule has 1 fully saturated rings. The third-order valence-electron chi connectivity index (χ3n) is 3.86. The summed E-state index contributed by atoms with van der Waals surface area (Å²) >= 11 is 3.27. The first-order chi connectivity index (χ1) is 9.70. The van der Waals surface area contributed by atoms with E-state index in [0.29, 0.717) is 34.0 Å². The van der Waals surface area contributed by atoms with Crippen molar-refractivity contribution in [3.05, 3.63) is 27.7 Å². The summed E-state index contributed by atoms with van der Waals surface area (Å²) in [5.74, 6) is 0.869. The fourth-order valence-electron chi connectivity index (χ4n) is 2.21. The molecule has 1 atom stereocenters. The number of hydrogen-bond acceptors (Lipinski definition) is 3. The lowest BCUT2D eigenvalue weighted by Gasteiger charge is -2.14. The second kappa shape index (κ2) is 6.26. The van der Waals surface area contributed by atoms with Crippen LogP contribution in [0.2, 0.25) is 0 Å². The van der Waals surface area contributed by atoms with Gasteiger partial charge < -0.3 is 5.32 Å². The number of amides is 1. The first-order valence-electron chi connectivity index (χ1n) is 6.73. The van der Waals surface area contributed by atoms with E-state index in [1.807, 2.05) is 0 Å². The summed E-state index contributed by atoms with van der Waals surface area (Å²) < 4.78 is 23.4. The highest BCUT2D eigenvalue weighted by Gasteiger charge is 2.28. The topological polar surface area (TPSA) is 63.2 Å². The van der Waals surface area contributed by atoms with Gasteiger partial charge >= 0.3 is 0 Å². The van der Waals surface area contributed by atoms with E-state index >= 15 is 0 Å². The van der Waals surface area contributed by atoms with Crippen molar-refractivity contribution in [2.75, 3.05) is 6.54 Å². The van der Waals surface area contributed by atoms with Crippen molar-refractivity contribution < 1.29 is 13.2 Å². The SMILES string of the molecule is Cc1c(Br)cc(S(=O)(=O)Cl)cc1C(=O)NCC(C)C1CC1. The summed E-state index contributed by atoms with van der Waals surface area (Å²) in [5.41, 5.74) is 1.02. The lowest BCUT2D eigenvalue weighted by Crippen LogP contribution is -2.29. The van der Waals surface area contributed by atoms with Crippen molar-refractivity contribution in [3.8, 4) is 0 Å². The minimum Gasteiger partial charge on any atom is -0.352 e. The quantitative estimate of drug-likeness (QED) is 0.778. The van der Waals surface area contributed by atoms with E-state index in [1.165, 1.54) is 25.0 Å². The Balaban J connectivity index is 2.21. The molecule has 0 heterocycles. The summed E-state index contributed by atoms with van der Waals surface area (Å²) in [5, 5.41) is 2.87. The van der Waals surface area contributed by atoms with E-state index in [0.717, 1.165) is 0 Å². The molecular weight excluding hydrogens is 378 g/mol. The smallest absolute Gasteiger partial charge is 0.261 e. The number of carbonyl (C=O) groups is 1. The number of halogens is 2. The number of hydrogen-bond donors (Lipinski definition) is 1. The van der Waals surface area contributed by atoms with Gasteiger partial charge in [0, 0.05) is 27.3 Å². The van der Waals surface area contributed by atoms with Gasteiger partial charge in [-0.05, 0) is 49.3 Å². The van der Waals surface area contributed by atoms with Gasteiger partial charge in [0.2, 0.25) is 0 Å². The fourth-order valence-corrected chi connectivity index (χ4v) is 3.61. The maximum absolute atomic E-state index is 12.3. The first-order valence-corrected chi connectivity index (χ1v) is 9.83. The minimum atomic E-state index is -3.87. The molecule has 116 valence electrons. The molecule has 1 aliphatic carbocycles. The highest BCUT2D eigenvalue weighted by molar-refractivity contribution is 9.10. The number of nitrogens with one attached hydrogen (secondary N) is 1. The second-order valence-electron chi connectivity index (χ2n) is 5.54. The molecule has 0 bridgehead atoms. The van der Waals surface area contributed by atoms with Gasteiger partial charge in [-0.2, -0.15) is 0 Å². The van der Waals surface area contributed by atoms with Crippen molar-refractivity contribution in [2.45, 2.75) is 31.6 Å². The van der Waals surface area contributed by atoms with Gasteiger partial charge in [0.05, 0.1) is 4.90 Å². The van der Waals surface area contributed by atoms with Crippen LogP contribution in [0.4, 0.5) is 0 Å². The Morgan fingerprint density at radius 1 is 1.48 bits per heavy atom. The monoisotopic (exact) mass is 393 g/mol. The van der Waals surface area contributed by atoms with E-state index in [9.17, 15) is 13.2 Å². The second-order valence-corrected chi connectivity index (χ2v) is 8.96. The molecule has 1 amide bonds. The van der Waals surface area contributed by atoms with Crippen LogP contribution in [0, 0.1) is 18.8 Å².